The van der Waals surface area contributed by atoms with E-state index >= 15 is 0 Å². The van der Waals surface area contributed by atoms with Gasteiger partial charge < -0.3 is 9.88 Å². The Hall–Kier alpha value is -3.19. The Morgan fingerprint density at radius 1 is 1.21 bits per heavy atom. The molecule has 0 aliphatic heterocycles. The Morgan fingerprint density at radius 3 is 2.79 bits per heavy atom. The molecule has 1 N–H and O–H groups in total. The number of fused-ring (bicyclic) bond motifs is 2. The number of amides is 1. The maximum Gasteiger partial charge on any atom is 0.260 e. The lowest BCUT2D eigenvalue weighted by Crippen LogP contribution is -2.35. The summed E-state index contributed by atoms with van der Waals surface area (Å²) in [4.78, 5) is 31.3. The van der Waals surface area contributed by atoms with E-state index in [2.05, 4.69) is 15.4 Å². The zero-order chi connectivity index (χ0) is 23.1. The highest BCUT2D eigenvalue weighted by molar-refractivity contribution is 6.35. The van der Waals surface area contributed by atoms with Crippen LogP contribution in [0.4, 0.5) is 0 Å². The minimum absolute atomic E-state index is 0.0880. The Balaban J connectivity index is 1.59. The first-order chi connectivity index (χ1) is 16.0. The minimum Gasteiger partial charge on any atom is -0.344 e. The second-order valence-corrected chi connectivity index (χ2v) is 9.19. The van der Waals surface area contributed by atoms with Crippen LogP contribution in [0, 0.1) is 6.92 Å². The van der Waals surface area contributed by atoms with Gasteiger partial charge in [0, 0.05) is 24.1 Å². The Morgan fingerprint density at radius 2 is 2.00 bits per heavy atom. The summed E-state index contributed by atoms with van der Waals surface area (Å²) in [5.74, 6) is -0.262. The topological polar surface area (TPSA) is 81.3 Å². The Bertz CT molecular complexity index is 1420. The molecule has 7 nitrogen and oxygen atoms in total. The third-order valence-electron chi connectivity index (χ3n) is 6.59. The molecular weight excluding hydrogens is 438 g/mol. The highest BCUT2D eigenvalue weighted by atomic mass is 35.5. The van der Waals surface area contributed by atoms with Crippen molar-refractivity contribution in [3.63, 3.8) is 0 Å². The summed E-state index contributed by atoms with van der Waals surface area (Å²) < 4.78 is 3.48. The van der Waals surface area contributed by atoms with Crippen LogP contribution in [0.2, 0.25) is 5.02 Å². The summed E-state index contributed by atoms with van der Waals surface area (Å²) in [7, 11) is 0. The molecule has 170 valence electrons. The molecule has 4 aromatic rings. The lowest BCUT2D eigenvalue weighted by molar-refractivity contribution is 0.0938. The molecule has 0 spiro atoms. The van der Waals surface area contributed by atoms with E-state index in [0.717, 1.165) is 36.8 Å². The van der Waals surface area contributed by atoms with Crippen molar-refractivity contribution in [2.75, 3.05) is 0 Å². The molecule has 3 aromatic heterocycles. The molecule has 1 fully saturated rings. The molecule has 1 saturated carbocycles. The van der Waals surface area contributed by atoms with E-state index in [-0.39, 0.29) is 17.5 Å². The van der Waals surface area contributed by atoms with Gasteiger partial charge in [0.15, 0.2) is 5.65 Å². The minimum atomic E-state index is -0.395. The maximum absolute atomic E-state index is 13.7. The van der Waals surface area contributed by atoms with Crippen molar-refractivity contribution in [3.05, 3.63) is 75.1 Å². The molecule has 1 aliphatic rings. The lowest BCUT2D eigenvalue weighted by atomic mass is 9.94. The summed E-state index contributed by atoms with van der Waals surface area (Å²) in [5, 5.41) is 9.26. The van der Waals surface area contributed by atoms with Gasteiger partial charge in [-0.3, -0.25) is 9.59 Å². The van der Waals surface area contributed by atoms with Gasteiger partial charge in [0.05, 0.1) is 22.1 Å². The van der Waals surface area contributed by atoms with Crippen LogP contribution in [-0.2, 0) is 0 Å². The van der Waals surface area contributed by atoms with Crippen LogP contribution in [0.15, 0.2) is 47.5 Å². The van der Waals surface area contributed by atoms with Crippen LogP contribution in [-0.4, -0.2) is 25.1 Å². The second-order valence-electron chi connectivity index (χ2n) is 8.78. The molecule has 0 radical (unpaired) electrons. The summed E-state index contributed by atoms with van der Waals surface area (Å²) >= 11 is 6.43. The van der Waals surface area contributed by atoms with E-state index in [9.17, 15) is 9.59 Å². The average Bonchev–Trinajstić information content (AvgIpc) is 3.15. The fourth-order valence-corrected chi connectivity index (χ4v) is 5.27. The molecule has 3 heterocycles. The molecule has 1 atom stereocenters. The van der Waals surface area contributed by atoms with Crippen LogP contribution in [0.3, 0.4) is 0 Å². The number of halogens is 1. The number of aryl methyl sites for hydroxylation is 1. The van der Waals surface area contributed by atoms with Crippen molar-refractivity contribution in [2.45, 2.75) is 58.0 Å². The number of nitrogens with zero attached hydrogens (tertiary/aromatic N) is 4. The summed E-state index contributed by atoms with van der Waals surface area (Å²) in [6, 6.07) is 8.95. The lowest BCUT2D eigenvalue weighted by Gasteiger charge is -2.29. The van der Waals surface area contributed by atoms with Gasteiger partial charge in [-0.2, -0.15) is 5.10 Å². The number of aromatic nitrogens is 4. The first kappa shape index (κ1) is 21.6. The molecule has 0 saturated heterocycles. The molecular formula is C25H26ClN5O2. The van der Waals surface area contributed by atoms with E-state index in [1.165, 1.54) is 6.42 Å². The quantitative estimate of drug-likeness (QED) is 0.461. The molecule has 0 bridgehead atoms. The number of carbonyl (C=O) groups is 1. The molecule has 8 heteroatoms. The summed E-state index contributed by atoms with van der Waals surface area (Å²) in [5.41, 5.74) is 2.26. The van der Waals surface area contributed by atoms with Crippen molar-refractivity contribution in [1.29, 1.82) is 0 Å². The Kier molecular flexibility index (Phi) is 5.66. The molecule has 33 heavy (non-hydrogen) atoms. The van der Waals surface area contributed by atoms with Crippen LogP contribution < -0.4 is 10.9 Å². The fraction of sp³-hybridized carbons (Fsp3) is 0.360. The number of nitrogens with one attached hydrogen (secondary N) is 1. The van der Waals surface area contributed by atoms with Crippen molar-refractivity contribution in [2.24, 2.45) is 0 Å². The normalized spacial score (nSPS) is 15.7. The summed E-state index contributed by atoms with van der Waals surface area (Å²) in [6.45, 7) is 3.71. The predicted octanol–water partition coefficient (Wildman–Crippen LogP) is 5.00. The van der Waals surface area contributed by atoms with E-state index in [4.69, 9.17) is 11.6 Å². The van der Waals surface area contributed by atoms with Gasteiger partial charge in [0.2, 0.25) is 0 Å². The molecule has 1 amide bonds. The van der Waals surface area contributed by atoms with Crippen molar-refractivity contribution < 1.29 is 4.79 Å². The highest BCUT2D eigenvalue weighted by Crippen LogP contribution is 2.32. The van der Waals surface area contributed by atoms with Gasteiger partial charge in [-0.25, -0.2) is 9.50 Å². The first-order valence-electron chi connectivity index (χ1n) is 11.4. The van der Waals surface area contributed by atoms with Crippen molar-refractivity contribution in [3.8, 4) is 0 Å². The van der Waals surface area contributed by atoms with Crippen LogP contribution in [0.5, 0.6) is 0 Å². The first-order valence-corrected chi connectivity index (χ1v) is 11.8. The Labute approximate surface area is 196 Å². The number of benzene rings is 1. The smallest absolute Gasteiger partial charge is 0.260 e. The number of rotatable bonds is 4. The number of pyridine rings is 1. The van der Waals surface area contributed by atoms with Gasteiger partial charge in [-0.1, -0.05) is 43.0 Å². The monoisotopic (exact) mass is 463 g/mol. The molecule has 1 aliphatic carbocycles. The standard InChI is InChI=1S/C25H26ClN5O2/c1-15(28-24(32)21-16(2)29-30-13-7-12-27-23(21)30)20-14-17-8-6-11-19(26)22(17)25(33)31(20)18-9-4-3-5-10-18/h6-8,11-15,18H,3-5,9-10H2,1-2H3,(H,28,32)/t15-/m0/s1. The average molecular weight is 464 g/mol. The van der Waals surface area contributed by atoms with Gasteiger partial charge in [0.25, 0.3) is 11.5 Å². The van der Waals surface area contributed by atoms with Gasteiger partial charge in [-0.15, -0.1) is 0 Å². The van der Waals surface area contributed by atoms with Crippen LogP contribution in [0.25, 0.3) is 16.4 Å². The van der Waals surface area contributed by atoms with Crippen LogP contribution in [0.1, 0.15) is 72.9 Å². The van der Waals surface area contributed by atoms with Gasteiger partial charge in [0.1, 0.15) is 5.56 Å². The zero-order valence-corrected chi connectivity index (χ0v) is 19.5. The second kappa shape index (κ2) is 8.63. The van der Waals surface area contributed by atoms with E-state index in [1.54, 1.807) is 36.0 Å². The third-order valence-corrected chi connectivity index (χ3v) is 6.90. The van der Waals surface area contributed by atoms with Crippen molar-refractivity contribution in [1.82, 2.24) is 24.5 Å². The van der Waals surface area contributed by atoms with E-state index in [1.807, 2.05) is 29.7 Å². The third kappa shape index (κ3) is 3.80. The fourth-order valence-electron chi connectivity index (χ4n) is 5.01. The SMILES string of the molecule is Cc1nn2cccnc2c1C(=O)N[C@@H](C)c1cc2cccc(Cl)c2c(=O)n1C1CCCCC1. The molecule has 5 rings (SSSR count). The number of hydrogen-bond acceptors (Lipinski definition) is 4. The largest absolute Gasteiger partial charge is 0.344 e. The van der Waals surface area contributed by atoms with E-state index < -0.39 is 6.04 Å². The number of hydrogen-bond donors (Lipinski definition) is 1. The predicted molar refractivity (Wildman–Crippen MR) is 129 cm³/mol. The summed E-state index contributed by atoms with van der Waals surface area (Å²) in [6.07, 6.45) is 8.66. The van der Waals surface area contributed by atoms with Gasteiger partial charge >= 0.3 is 0 Å². The zero-order valence-electron chi connectivity index (χ0n) is 18.7. The highest BCUT2D eigenvalue weighted by Gasteiger charge is 2.26. The maximum atomic E-state index is 13.7. The van der Waals surface area contributed by atoms with Gasteiger partial charge in [-0.05, 0) is 50.3 Å². The molecule has 1 aromatic carbocycles. The molecule has 0 unspecified atom stereocenters. The number of carbonyl (C=O) groups excluding carboxylic acids is 1. The van der Waals surface area contributed by atoms with E-state index in [0.29, 0.717) is 27.3 Å². The van der Waals surface area contributed by atoms with Crippen LogP contribution >= 0.6 is 11.6 Å². The van der Waals surface area contributed by atoms with Crippen molar-refractivity contribution >= 4 is 33.9 Å².